The Kier molecular flexibility index (Phi) is 6.36. The average molecular weight is 397 g/mol. The maximum absolute atomic E-state index is 12.3. The topological polar surface area (TPSA) is 76.2 Å². The molecule has 0 aromatic heterocycles. The van der Waals surface area contributed by atoms with Gasteiger partial charge in [0.15, 0.2) is 6.29 Å². The smallest absolute Gasteiger partial charge is 0.410 e. The van der Waals surface area contributed by atoms with E-state index in [4.69, 9.17) is 21.1 Å². The van der Waals surface area contributed by atoms with Crippen molar-refractivity contribution in [3.05, 3.63) is 28.3 Å². The lowest BCUT2D eigenvalue weighted by Gasteiger charge is -2.41. The molecule has 0 saturated carbocycles. The molecule has 1 aromatic rings. The third kappa shape index (κ3) is 4.71. The molecule has 8 heteroatoms. The van der Waals surface area contributed by atoms with E-state index in [0.717, 1.165) is 0 Å². The molecule has 27 heavy (non-hydrogen) atoms. The minimum absolute atomic E-state index is 0.0488. The Balaban J connectivity index is 2.22. The van der Waals surface area contributed by atoms with E-state index in [0.29, 0.717) is 31.6 Å². The molecule has 2 rings (SSSR count). The van der Waals surface area contributed by atoms with Crippen molar-refractivity contribution >= 4 is 35.6 Å². The van der Waals surface area contributed by atoms with Crippen molar-refractivity contribution < 1.29 is 23.9 Å². The number of carbonyl (C=O) groups is 3. The lowest BCUT2D eigenvalue weighted by molar-refractivity contribution is 0.0218. The number of hydrogen-bond donors (Lipinski definition) is 0. The number of piperazine rings is 1. The standard InChI is InChI=1S/C19H25ClN2O5/c1-12-10-21(18(25)27-19(2,3)4)8-9-22(12)15-7-6-13(17(24)26-5)14(11-23)16(15)20/h6-7,11-12H,8-10H2,1-5H3/t12-/m1/s1. The largest absolute Gasteiger partial charge is 0.465 e. The fourth-order valence-electron chi connectivity index (χ4n) is 3.01. The van der Waals surface area contributed by atoms with Gasteiger partial charge in [-0.15, -0.1) is 0 Å². The monoisotopic (exact) mass is 396 g/mol. The average Bonchev–Trinajstić information content (AvgIpc) is 2.59. The number of anilines is 1. The van der Waals surface area contributed by atoms with Gasteiger partial charge in [0.25, 0.3) is 0 Å². The van der Waals surface area contributed by atoms with Crippen molar-refractivity contribution in [2.75, 3.05) is 31.6 Å². The quantitative estimate of drug-likeness (QED) is 0.575. The molecule has 7 nitrogen and oxygen atoms in total. The van der Waals surface area contributed by atoms with Crippen molar-refractivity contribution in [3.8, 4) is 0 Å². The Labute approximate surface area is 164 Å². The van der Waals surface area contributed by atoms with Crippen LogP contribution in [0.3, 0.4) is 0 Å². The van der Waals surface area contributed by atoms with Gasteiger partial charge in [-0.05, 0) is 39.8 Å². The minimum atomic E-state index is -0.617. The number of esters is 1. The van der Waals surface area contributed by atoms with Gasteiger partial charge < -0.3 is 19.3 Å². The van der Waals surface area contributed by atoms with E-state index < -0.39 is 11.6 Å². The summed E-state index contributed by atoms with van der Waals surface area (Å²) in [6.07, 6.45) is 0.203. The van der Waals surface area contributed by atoms with Gasteiger partial charge in [-0.25, -0.2) is 9.59 Å². The number of carbonyl (C=O) groups excluding carboxylic acids is 3. The van der Waals surface area contributed by atoms with Gasteiger partial charge in [-0.3, -0.25) is 4.79 Å². The zero-order chi connectivity index (χ0) is 20.4. The van der Waals surface area contributed by atoms with Crippen molar-refractivity contribution in [2.45, 2.75) is 39.3 Å². The van der Waals surface area contributed by atoms with Crippen LogP contribution in [0.5, 0.6) is 0 Å². The van der Waals surface area contributed by atoms with E-state index in [1.807, 2.05) is 32.6 Å². The molecule has 0 radical (unpaired) electrons. The second-order valence-corrected chi connectivity index (χ2v) is 7.82. The van der Waals surface area contributed by atoms with Gasteiger partial charge in [0.05, 0.1) is 23.4 Å². The summed E-state index contributed by atoms with van der Waals surface area (Å²) in [6, 6.07) is 3.18. The maximum atomic E-state index is 12.3. The highest BCUT2D eigenvalue weighted by molar-refractivity contribution is 6.36. The van der Waals surface area contributed by atoms with Crippen LogP contribution in [0.4, 0.5) is 10.5 Å². The summed E-state index contributed by atoms with van der Waals surface area (Å²) in [5.41, 5.74) is 0.315. The van der Waals surface area contributed by atoms with E-state index in [1.54, 1.807) is 11.0 Å². The number of nitrogens with zero attached hydrogens (tertiary/aromatic N) is 2. The molecule has 1 aliphatic heterocycles. The van der Waals surface area contributed by atoms with Crippen LogP contribution in [0.25, 0.3) is 0 Å². The zero-order valence-electron chi connectivity index (χ0n) is 16.2. The zero-order valence-corrected chi connectivity index (χ0v) is 17.0. The molecule has 0 aliphatic carbocycles. The predicted octanol–water partition coefficient (Wildman–Crippen LogP) is 3.38. The maximum Gasteiger partial charge on any atom is 0.410 e. The molecule has 1 aromatic carbocycles. The molecule has 148 valence electrons. The highest BCUT2D eigenvalue weighted by Gasteiger charge is 2.31. The van der Waals surface area contributed by atoms with Crippen molar-refractivity contribution in [3.63, 3.8) is 0 Å². The molecular formula is C19H25ClN2O5. The first-order valence-corrected chi connectivity index (χ1v) is 9.07. The van der Waals surface area contributed by atoms with Crippen LogP contribution in [0.1, 0.15) is 48.4 Å². The number of benzene rings is 1. The summed E-state index contributed by atoms with van der Waals surface area (Å²) in [6.45, 7) is 8.89. The van der Waals surface area contributed by atoms with E-state index >= 15 is 0 Å². The van der Waals surface area contributed by atoms with Crippen LogP contribution in [-0.2, 0) is 9.47 Å². The Morgan fingerprint density at radius 2 is 1.93 bits per heavy atom. The fraction of sp³-hybridized carbons (Fsp3) is 0.526. The van der Waals surface area contributed by atoms with Gasteiger partial charge in [-0.2, -0.15) is 0 Å². The number of methoxy groups -OCH3 is 1. The van der Waals surface area contributed by atoms with E-state index in [9.17, 15) is 14.4 Å². The summed E-state index contributed by atoms with van der Waals surface area (Å²) in [5.74, 6) is -0.617. The number of halogens is 1. The Morgan fingerprint density at radius 3 is 2.44 bits per heavy atom. The summed E-state index contributed by atoms with van der Waals surface area (Å²) >= 11 is 6.41. The molecule has 1 saturated heterocycles. The van der Waals surface area contributed by atoms with Crippen molar-refractivity contribution in [2.24, 2.45) is 0 Å². The Morgan fingerprint density at radius 1 is 1.26 bits per heavy atom. The summed E-state index contributed by atoms with van der Waals surface area (Å²) < 4.78 is 10.1. The summed E-state index contributed by atoms with van der Waals surface area (Å²) in [7, 11) is 1.25. The van der Waals surface area contributed by atoms with Gasteiger partial charge >= 0.3 is 12.1 Å². The highest BCUT2D eigenvalue weighted by atomic mass is 35.5. The SMILES string of the molecule is COC(=O)c1ccc(N2CCN(C(=O)OC(C)(C)C)C[C@H]2C)c(Cl)c1C=O. The minimum Gasteiger partial charge on any atom is -0.465 e. The van der Waals surface area contributed by atoms with E-state index in [-0.39, 0.29) is 28.3 Å². The van der Waals surface area contributed by atoms with Gasteiger partial charge in [0, 0.05) is 31.2 Å². The fourth-order valence-corrected chi connectivity index (χ4v) is 3.33. The summed E-state index contributed by atoms with van der Waals surface area (Å²) in [4.78, 5) is 39.2. The normalized spacial score (nSPS) is 17.5. The highest BCUT2D eigenvalue weighted by Crippen LogP contribution is 2.33. The van der Waals surface area contributed by atoms with Gasteiger partial charge in [0.2, 0.25) is 0 Å². The first kappa shape index (κ1) is 21.0. The first-order valence-electron chi connectivity index (χ1n) is 8.69. The molecule has 1 heterocycles. The number of hydrogen-bond acceptors (Lipinski definition) is 6. The Hall–Kier alpha value is -2.28. The van der Waals surface area contributed by atoms with Crippen LogP contribution in [0.15, 0.2) is 12.1 Å². The molecule has 0 spiro atoms. The number of amides is 1. The number of ether oxygens (including phenoxy) is 2. The van der Waals surface area contributed by atoms with Crippen molar-refractivity contribution in [1.82, 2.24) is 4.90 Å². The second kappa shape index (κ2) is 8.17. The number of rotatable bonds is 3. The van der Waals surface area contributed by atoms with Gasteiger partial charge in [0.1, 0.15) is 5.60 Å². The second-order valence-electron chi connectivity index (χ2n) is 7.44. The molecule has 0 N–H and O–H groups in total. The third-order valence-electron chi connectivity index (χ3n) is 4.27. The number of aldehydes is 1. The van der Waals surface area contributed by atoms with Crippen LogP contribution in [0, 0.1) is 0 Å². The Bertz CT molecular complexity index is 744. The molecule has 0 unspecified atom stereocenters. The molecule has 1 amide bonds. The van der Waals surface area contributed by atoms with Crippen molar-refractivity contribution in [1.29, 1.82) is 0 Å². The molecule has 1 atom stereocenters. The lowest BCUT2D eigenvalue weighted by atomic mass is 10.0. The molecule has 0 bridgehead atoms. The molecule has 1 aliphatic rings. The van der Waals surface area contributed by atoms with Crippen LogP contribution >= 0.6 is 11.6 Å². The third-order valence-corrected chi connectivity index (χ3v) is 4.67. The summed E-state index contributed by atoms with van der Waals surface area (Å²) in [5, 5.41) is 0.200. The van der Waals surface area contributed by atoms with Crippen LogP contribution in [0.2, 0.25) is 5.02 Å². The van der Waals surface area contributed by atoms with E-state index in [2.05, 4.69) is 0 Å². The first-order chi connectivity index (χ1) is 12.6. The lowest BCUT2D eigenvalue weighted by Crippen LogP contribution is -2.54. The van der Waals surface area contributed by atoms with Gasteiger partial charge in [-0.1, -0.05) is 11.6 Å². The molecule has 1 fully saturated rings. The van der Waals surface area contributed by atoms with E-state index in [1.165, 1.54) is 13.2 Å². The van der Waals surface area contributed by atoms with Crippen LogP contribution in [-0.4, -0.2) is 61.6 Å². The predicted molar refractivity (Wildman–Crippen MR) is 103 cm³/mol. The van der Waals surface area contributed by atoms with Crippen LogP contribution < -0.4 is 4.90 Å². The molecular weight excluding hydrogens is 372 g/mol.